The molecule has 0 spiro atoms. The predicted molar refractivity (Wildman–Crippen MR) is 107 cm³/mol. The van der Waals surface area contributed by atoms with Crippen LogP contribution in [0.3, 0.4) is 0 Å². The van der Waals surface area contributed by atoms with Crippen molar-refractivity contribution in [1.29, 1.82) is 0 Å². The van der Waals surface area contributed by atoms with Gasteiger partial charge in [0.05, 0.1) is 6.61 Å². The van der Waals surface area contributed by atoms with Gasteiger partial charge in [-0.3, -0.25) is 4.90 Å². The van der Waals surface area contributed by atoms with E-state index in [1.807, 2.05) is 0 Å². The first-order valence-electron chi connectivity index (χ1n) is 10.8. The standard InChI is InChI=1S/C23H32N2O/c1-3-5-10-26-17-6-7-21-19(13-17)18-8-9-25-14-15-11-16(4-2)23(25)20(12-15)22(18)24-21/h6-7,13,15-16,20,23-24H,3-5,8-12,14H2,1-2H3/t15?,16-,20?,23?/m0/s1. The van der Waals surface area contributed by atoms with E-state index in [0.29, 0.717) is 5.92 Å². The lowest BCUT2D eigenvalue weighted by Crippen LogP contribution is -2.56. The van der Waals surface area contributed by atoms with Crippen LogP contribution < -0.4 is 4.74 Å². The number of benzene rings is 1. The number of aromatic nitrogens is 1. The fraction of sp³-hybridized carbons (Fsp3) is 0.652. The van der Waals surface area contributed by atoms with Crippen molar-refractivity contribution >= 4 is 10.9 Å². The summed E-state index contributed by atoms with van der Waals surface area (Å²) in [5.74, 6) is 3.54. The molecule has 0 radical (unpaired) electrons. The number of nitrogens with one attached hydrogen (secondary N) is 1. The van der Waals surface area contributed by atoms with E-state index in [1.165, 1.54) is 56.1 Å². The van der Waals surface area contributed by atoms with Gasteiger partial charge < -0.3 is 9.72 Å². The molecule has 1 aromatic carbocycles. The van der Waals surface area contributed by atoms with Crippen molar-refractivity contribution in [1.82, 2.24) is 9.88 Å². The van der Waals surface area contributed by atoms with Crippen molar-refractivity contribution in [2.45, 2.75) is 64.3 Å². The zero-order chi connectivity index (χ0) is 17.7. The molecule has 0 amide bonds. The molecule has 4 bridgehead atoms. The Labute approximate surface area is 157 Å². The van der Waals surface area contributed by atoms with E-state index in [0.717, 1.165) is 36.7 Å². The lowest BCUT2D eigenvalue weighted by atomic mass is 9.65. The molecule has 3 aliphatic heterocycles. The van der Waals surface area contributed by atoms with Gasteiger partial charge in [-0.05, 0) is 61.3 Å². The van der Waals surface area contributed by atoms with Crippen LogP contribution in [0, 0.1) is 11.8 Å². The Hall–Kier alpha value is -1.48. The van der Waals surface area contributed by atoms with E-state index in [4.69, 9.17) is 4.74 Å². The smallest absolute Gasteiger partial charge is 0.120 e. The molecule has 140 valence electrons. The molecule has 1 N–H and O–H groups in total. The molecule has 1 aliphatic carbocycles. The number of unbranched alkanes of at least 4 members (excludes halogenated alkanes) is 1. The molecule has 4 unspecified atom stereocenters. The molecule has 2 saturated heterocycles. The molecule has 3 nitrogen and oxygen atoms in total. The van der Waals surface area contributed by atoms with E-state index >= 15 is 0 Å². The first-order valence-corrected chi connectivity index (χ1v) is 10.8. The average molecular weight is 353 g/mol. The first kappa shape index (κ1) is 16.7. The van der Waals surface area contributed by atoms with Gasteiger partial charge in [0.2, 0.25) is 0 Å². The number of hydrogen-bond donors (Lipinski definition) is 1. The van der Waals surface area contributed by atoms with Crippen LogP contribution in [-0.2, 0) is 6.42 Å². The second kappa shape index (κ2) is 6.60. The maximum absolute atomic E-state index is 5.99. The summed E-state index contributed by atoms with van der Waals surface area (Å²) in [5, 5.41) is 1.41. The summed E-state index contributed by atoms with van der Waals surface area (Å²) in [6, 6.07) is 7.43. The van der Waals surface area contributed by atoms with Gasteiger partial charge in [-0.2, -0.15) is 0 Å². The Morgan fingerprint density at radius 2 is 2.15 bits per heavy atom. The van der Waals surface area contributed by atoms with Crippen molar-refractivity contribution in [2.24, 2.45) is 11.8 Å². The van der Waals surface area contributed by atoms with Crippen LogP contribution in [0.25, 0.3) is 10.9 Å². The van der Waals surface area contributed by atoms with Gasteiger partial charge in [0.15, 0.2) is 0 Å². The minimum absolute atomic E-state index is 0.710. The van der Waals surface area contributed by atoms with Gasteiger partial charge in [-0.15, -0.1) is 0 Å². The highest BCUT2D eigenvalue weighted by molar-refractivity contribution is 5.86. The molecule has 4 aliphatic rings. The third-order valence-electron chi connectivity index (χ3n) is 7.25. The van der Waals surface area contributed by atoms with Gasteiger partial charge in [-0.1, -0.05) is 26.7 Å². The van der Waals surface area contributed by atoms with Crippen molar-refractivity contribution < 1.29 is 4.74 Å². The Morgan fingerprint density at radius 1 is 1.23 bits per heavy atom. The molecule has 26 heavy (non-hydrogen) atoms. The quantitative estimate of drug-likeness (QED) is 0.758. The molecule has 6 rings (SSSR count). The Bertz CT molecular complexity index is 795. The number of hydrogen-bond acceptors (Lipinski definition) is 2. The highest BCUT2D eigenvalue weighted by Crippen LogP contribution is 2.51. The number of H-pyrrole nitrogens is 1. The lowest BCUT2D eigenvalue weighted by molar-refractivity contribution is -0.0134. The fourth-order valence-electron chi connectivity index (χ4n) is 6.10. The van der Waals surface area contributed by atoms with Crippen LogP contribution >= 0.6 is 0 Å². The minimum Gasteiger partial charge on any atom is -0.494 e. The molecule has 5 atom stereocenters. The van der Waals surface area contributed by atoms with Crippen molar-refractivity contribution in [3.63, 3.8) is 0 Å². The van der Waals surface area contributed by atoms with Gasteiger partial charge in [-0.25, -0.2) is 0 Å². The topological polar surface area (TPSA) is 28.3 Å². The molecule has 1 saturated carbocycles. The highest BCUT2D eigenvalue weighted by atomic mass is 16.5. The normalized spacial score (nSPS) is 32.5. The molecule has 3 heteroatoms. The second-order valence-corrected chi connectivity index (χ2v) is 8.77. The number of fused-ring (bicyclic) bond motifs is 4. The number of piperidine rings is 2. The summed E-state index contributed by atoms with van der Waals surface area (Å²) in [5.41, 5.74) is 4.44. The maximum Gasteiger partial charge on any atom is 0.120 e. The molecule has 1 aromatic heterocycles. The summed E-state index contributed by atoms with van der Waals surface area (Å²) >= 11 is 0. The Kier molecular flexibility index (Phi) is 4.23. The number of aromatic amines is 1. The lowest BCUT2D eigenvalue weighted by Gasteiger charge is -2.53. The van der Waals surface area contributed by atoms with Crippen LogP contribution in [0.4, 0.5) is 0 Å². The zero-order valence-corrected chi connectivity index (χ0v) is 16.3. The monoisotopic (exact) mass is 352 g/mol. The summed E-state index contributed by atoms with van der Waals surface area (Å²) in [4.78, 5) is 6.68. The van der Waals surface area contributed by atoms with Crippen LogP contribution in [0.1, 0.15) is 63.1 Å². The molecule has 2 aromatic rings. The number of nitrogens with zero attached hydrogens (tertiary/aromatic N) is 1. The van der Waals surface area contributed by atoms with Crippen LogP contribution in [-0.4, -0.2) is 35.6 Å². The molecule has 3 fully saturated rings. The Balaban J connectivity index is 1.53. The van der Waals surface area contributed by atoms with Crippen LogP contribution in [0.2, 0.25) is 0 Å². The van der Waals surface area contributed by atoms with E-state index in [1.54, 1.807) is 11.3 Å². The summed E-state index contributed by atoms with van der Waals surface area (Å²) in [6.07, 6.45) is 7.67. The SMILES string of the molecule is CCCCOc1ccc2[nH]c3c(c2c1)CCN1CC2CC3C1[C@@H](CC)C2. The van der Waals surface area contributed by atoms with Gasteiger partial charge in [0.25, 0.3) is 0 Å². The van der Waals surface area contributed by atoms with Crippen molar-refractivity contribution in [3.05, 3.63) is 29.5 Å². The van der Waals surface area contributed by atoms with Crippen molar-refractivity contribution in [2.75, 3.05) is 19.7 Å². The third-order valence-corrected chi connectivity index (χ3v) is 7.25. The third kappa shape index (κ3) is 2.58. The Morgan fingerprint density at radius 3 is 3.00 bits per heavy atom. The predicted octanol–water partition coefficient (Wildman–Crippen LogP) is 5.11. The van der Waals surface area contributed by atoms with Crippen LogP contribution in [0.15, 0.2) is 18.2 Å². The number of rotatable bonds is 5. The largest absolute Gasteiger partial charge is 0.494 e. The van der Waals surface area contributed by atoms with Crippen molar-refractivity contribution in [3.8, 4) is 5.75 Å². The van der Waals surface area contributed by atoms with E-state index in [9.17, 15) is 0 Å². The van der Waals surface area contributed by atoms with Gasteiger partial charge >= 0.3 is 0 Å². The highest BCUT2D eigenvalue weighted by Gasteiger charge is 2.48. The first-order chi connectivity index (χ1) is 12.8. The zero-order valence-electron chi connectivity index (χ0n) is 16.3. The van der Waals surface area contributed by atoms with E-state index < -0.39 is 0 Å². The summed E-state index contributed by atoms with van der Waals surface area (Å²) < 4.78 is 5.99. The van der Waals surface area contributed by atoms with Gasteiger partial charge in [0, 0.05) is 41.6 Å². The fourth-order valence-corrected chi connectivity index (χ4v) is 6.10. The number of ether oxygens (including phenoxy) is 1. The maximum atomic E-state index is 5.99. The average Bonchev–Trinajstić information content (AvgIpc) is 2.99. The molecule has 4 heterocycles. The summed E-state index contributed by atoms with van der Waals surface area (Å²) in [6.45, 7) is 8.00. The van der Waals surface area contributed by atoms with E-state index in [2.05, 4.69) is 41.9 Å². The summed E-state index contributed by atoms with van der Waals surface area (Å²) in [7, 11) is 0. The van der Waals surface area contributed by atoms with Crippen LogP contribution in [0.5, 0.6) is 5.75 Å². The second-order valence-electron chi connectivity index (χ2n) is 8.77. The van der Waals surface area contributed by atoms with Gasteiger partial charge in [0.1, 0.15) is 5.75 Å². The molecular weight excluding hydrogens is 320 g/mol. The molecular formula is C23H32N2O. The van der Waals surface area contributed by atoms with E-state index in [-0.39, 0.29) is 0 Å². The minimum atomic E-state index is 0.710.